The first-order valence-corrected chi connectivity index (χ1v) is 7.03. The fourth-order valence-electron chi connectivity index (χ4n) is 2.23. The molecule has 0 aliphatic carbocycles. The summed E-state index contributed by atoms with van der Waals surface area (Å²) in [6.07, 6.45) is 1.02. The van der Waals surface area contributed by atoms with Crippen molar-refractivity contribution in [3.05, 3.63) is 27.3 Å². The Morgan fingerprint density at radius 1 is 1.61 bits per heavy atom. The molecule has 1 fully saturated rings. The molecule has 1 saturated heterocycles. The number of anilines is 1. The van der Waals surface area contributed by atoms with Crippen LogP contribution in [0.1, 0.15) is 16.8 Å². The van der Waals surface area contributed by atoms with Crippen LogP contribution in [-0.4, -0.2) is 37.6 Å². The van der Waals surface area contributed by atoms with Crippen molar-refractivity contribution in [1.82, 2.24) is 4.90 Å². The van der Waals surface area contributed by atoms with Gasteiger partial charge in [0.2, 0.25) is 0 Å². The van der Waals surface area contributed by atoms with E-state index in [1.165, 1.54) is 0 Å². The van der Waals surface area contributed by atoms with Gasteiger partial charge in [0.1, 0.15) is 0 Å². The number of halogens is 1. The van der Waals surface area contributed by atoms with Gasteiger partial charge in [-0.1, -0.05) is 0 Å². The molecule has 1 heterocycles. The number of nitrogens with two attached hydrogens (primary N) is 1. The van der Waals surface area contributed by atoms with Crippen molar-refractivity contribution in [2.24, 2.45) is 5.92 Å². The van der Waals surface area contributed by atoms with E-state index in [9.17, 15) is 4.79 Å². The highest BCUT2D eigenvalue weighted by Crippen LogP contribution is 2.21. The van der Waals surface area contributed by atoms with Gasteiger partial charge in [0.15, 0.2) is 0 Å². The molecule has 0 saturated carbocycles. The van der Waals surface area contributed by atoms with Gasteiger partial charge in [0.25, 0.3) is 5.91 Å². The average Bonchev–Trinajstić information content (AvgIpc) is 2.81. The second-order valence-corrected chi connectivity index (χ2v) is 5.76. The lowest BCUT2D eigenvalue weighted by Gasteiger charge is -2.17. The van der Waals surface area contributed by atoms with Crippen LogP contribution in [-0.2, 0) is 4.74 Å². The van der Waals surface area contributed by atoms with Gasteiger partial charge in [-0.15, -0.1) is 0 Å². The Kier molecular flexibility index (Phi) is 4.45. The van der Waals surface area contributed by atoms with Crippen LogP contribution in [0.3, 0.4) is 0 Å². The predicted molar refractivity (Wildman–Crippen MR) is 79.5 cm³/mol. The van der Waals surface area contributed by atoms with E-state index in [0.717, 1.165) is 29.7 Å². The van der Waals surface area contributed by atoms with Crippen LogP contribution in [0.15, 0.2) is 18.2 Å². The summed E-state index contributed by atoms with van der Waals surface area (Å²) in [6, 6.07) is 5.43. The molecule has 1 aliphatic rings. The fraction of sp³-hybridized carbons (Fsp3) is 0.462. The zero-order valence-corrected chi connectivity index (χ0v) is 12.5. The number of methoxy groups -OCH3 is 1. The second kappa shape index (κ2) is 5.88. The highest BCUT2D eigenvalue weighted by atomic mass is 127. The van der Waals surface area contributed by atoms with Crippen molar-refractivity contribution < 1.29 is 9.53 Å². The average molecular weight is 360 g/mol. The molecular weight excluding hydrogens is 343 g/mol. The Morgan fingerprint density at radius 2 is 2.39 bits per heavy atom. The Bertz CT molecular complexity index is 451. The summed E-state index contributed by atoms with van der Waals surface area (Å²) in [7, 11) is 1.70. The van der Waals surface area contributed by atoms with E-state index < -0.39 is 0 Å². The van der Waals surface area contributed by atoms with Crippen LogP contribution in [0, 0.1) is 9.49 Å². The molecule has 98 valence electrons. The number of carbonyl (C=O) groups is 1. The molecule has 0 aromatic heterocycles. The maximum absolute atomic E-state index is 12.3. The number of amides is 1. The second-order valence-electron chi connectivity index (χ2n) is 4.60. The minimum atomic E-state index is 0.0894. The van der Waals surface area contributed by atoms with Gasteiger partial charge >= 0.3 is 0 Å². The third kappa shape index (κ3) is 2.95. The molecule has 1 aromatic rings. The van der Waals surface area contributed by atoms with E-state index in [0.29, 0.717) is 17.2 Å². The van der Waals surface area contributed by atoms with E-state index in [1.807, 2.05) is 11.0 Å². The highest BCUT2D eigenvalue weighted by Gasteiger charge is 2.26. The quantitative estimate of drug-likeness (QED) is 0.663. The van der Waals surface area contributed by atoms with Gasteiger partial charge in [0.05, 0.1) is 6.61 Å². The molecule has 0 spiro atoms. The zero-order chi connectivity index (χ0) is 13.1. The maximum atomic E-state index is 12.3. The molecule has 5 heteroatoms. The van der Waals surface area contributed by atoms with Crippen molar-refractivity contribution in [3.63, 3.8) is 0 Å². The number of nitrogen functional groups attached to an aromatic ring is 1. The molecule has 2 rings (SSSR count). The monoisotopic (exact) mass is 360 g/mol. The summed E-state index contributed by atoms with van der Waals surface area (Å²) in [4.78, 5) is 14.2. The summed E-state index contributed by atoms with van der Waals surface area (Å²) in [5.74, 6) is 0.554. The van der Waals surface area contributed by atoms with Gasteiger partial charge in [0, 0.05) is 40.9 Å². The van der Waals surface area contributed by atoms with Crippen molar-refractivity contribution in [2.75, 3.05) is 32.5 Å². The first-order valence-electron chi connectivity index (χ1n) is 5.95. The van der Waals surface area contributed by atoms with E-state index in [4.69, 9.17) is 10.5 Å². The van der Waals surface area contributed by atoms with Crippen molar-refractivity contribution in [2.45, 2.75) is 6.42 Å². The first-order chi connectivity index (χ1) is 8.61. The van der Waals surface area contributed by atoms with E-state index >= 15 is 0 Å². The van der Waals surface area contributed by atoms with Crippen LogP contribution in [0.25, 0.3) is 0 Å². The normalized spacial score (nSPS) is 19.2. The standard InChI is InChI=1S/C13H17IN2O2/c1-18-8-9-4-5-16(7-9)13(17)10-2-3-12(15)11(14)6-10/h2-3,6,9H,4-5,7-8,15H2,1H3. The maximum Gasteiger partial charge on any atom is 0.253 e. The molecular formula is C13H17IN2O2. The van der Waals surface area contributed by atoms with Gasteiger partial charge in [-0.05, 0) is 47.2 Å². The Labute approximate surface area is 121 Å². The van der Waals surface area contributed by atoms with Crippen LogP contribution in [0.4, 0.5) is 5.69 Å². The third-order valence-corrected chi connectivity index (χ3v) is 4.16. The van der Waals surface area contributed by atoms with Crippen molar-refractivity contribution >= 4 is 34.2 Å². The number of hydrogen-bond acceptors (Lipinski definition) is 3. The Balaban J connectivity index is 2.05. The van der Waals surface area contributed by atoms with E-state index in [2.05, 4.69) is 22.6 Å². The Hall–Kier alpha value is -0.820. The fourth-order valence-corrected chi connectivity index (χ4v) is 2.75. The van der Waals surface area contributed by atoms with Gasteiger partial charge in [-0.2, -0.15) is 0 Å². The molecule has 18 heavy (non-hydrogen) atoms. The topological polar surface area (TPSA) is 55.6 Å². The van der Waals surface area contributed by atoms with E-state index in [-0.39, 0.29) is 5.91 Å². The highest BCUT2D eigenvalue weighted by molar-refractivity contribution is 14.1. The molecule has 1 unspecified atom stereocenters. The predicted octanol–water partition coefficient (Wildman–Crippen LogP) is 1.98. The lowest BCUT2D eigenvalue weighted by Crippen LogP contribution is -2.29. The van der Waals surface area contributed by atoms with E-state index in [1.54, 1.807) is 19.2 Å². The lowest BCUT2D eigenvalue weighted by molar-refractivity contribution is 0.0775. The molecule has 1 aromatic carbocycles. The number of rotatable bonds is 3. The minimum absolute atomic E-state index is 0.0894. The van der Waals surface area contributed by atoms with Crippen LogP contribution in [0.5, 0.6) is 0 Å². The van der Waals surface area contributed by atoms with Crippen LogP contribution in [0.2, 0.25) is 0 Å². The Morgan fingerprint density at radius 3 is 3.06 bits per heavy atom. The number of nitrogens with zero attached hydrogens (tertiary/aromatic N) is 1. The molecule has 1 aliphatic heterocycles. The molecule has 0 radical (unpaired) electrons. The number of likely N-dealkylation sites (tertiary alicyclic amines) is 1. The van der Waals surface area contributed by atoms with Gasteiger partial charge in [-0.25, -0.2) is 0 Å². The molecule has 0 bridgehead atoms. The number of benzene rings is 1. The molecule has 1 amide bonds. The molecule has 1 atom stereocenters. The van der Waals surface area contributed by atoms with Crippen LogP contribution >= 0.6 is 22.6 Å². The largest absolute Gasteiger partial charge is 0.398 e. The van der Waals surface area contributed by atoms with Crippen molar-refractivity contribution in [1.29, 1.82) is 0 Å². The number of carbonyl (C=O) groups excluding carboxylic acids is 1. The summed E-state index contributed by atoms with van der Waals surface area (Å²) in [5.41, 5.74) is 7.18. The first kappa shape index (κ1) is 13.6. The van der Waals surface area contributed by atoms with Gasteiger partial charge in [-0.3, -0.25) is 4.79 Å². The van der Waals surface area contributed by atoms with Crippen molar-refractivity contribution in [3.8, 4) is 0 Å². The summed E-state index contributed by atoms with van der Waals surface area (Å²) >= 11 is 2.15. The third-order valence-electron chi connectivity index (χ3n) is 3.22. The molecule has 4 nitrogen and oxygen atoms in total. The smallest absolute Gasteiger partial charge is 0.253 e. The van der Waals surface area contributed by atoms with Gasteiger partial charge < -0.3 is 15.4 Å². The zero-order valence-electron chi connectivity index (χ0n) is 10.4. The SMILES string of the molecule is COCC1CCN(C(=O)c2ccc(N)c(I)c2)C1. The number of hydrogen-bond donors (Lipinski definition) is 1. The summed E-state index contributed by atoms with van der Waals surface area (Å²) in [5, 5.41) is 0. The lowest BCUT2D eigenvalue weighted by atomic mass is 10.1. The molecule has 2 N–H and O–H groups in total. The minimum Gasteiger partial charge on any atom is -0.398 e. The summed E-state index contributed by atoms with van der Waals surface area (Å²) < 4.78 is 6.06. The van der Waals surface area contributed by atoms with Crippen LogP contribution < -0.4 is 5.73 Å². The number of ether oxygens (including phenoxy) is 1. The summed E-state index contributed by atoms with van der Waals surface area (Å²) in [6.45, 7) is 2.32.